The third-order valence-corrected chi connectivity index (χ3v) is 4.12. The minimum Gasteiger partial charge on any atom is -0.665 e. The van der Waals surface area contributed by atoms with Gasteiger partial charge in [0, 0.05) is 32.7 Å². The molecule has 18 heavy (non-hydrogen) atoms. The van der Waals surface area contributed by atoms with Crippen LogP contribution in [-0.2, 0) is 37.5 Å². The Kier molecular flexibility index (Phi) is 16.2. The zero-order valence-electron chi connectivity index (χ0n) is 11.9. The Balaban J connectivity index is 0. The molecule has 2 aliphatic rings. The maximum Gasteiger partial charge on any atom is 0 e. The van der Waals surface area contributed by atoms with Crippen molar-refractivity contribution in [1.29, 1.82) is 0 Å². The standard InChI is InChI=1S/C13H24.CHO2.CH3.Y/c1-3-7-12(8-4-1)11-13-9-5-2-6-10-13;2-1-3;;/h12-13H,1-11H2;(H,2,3);1H3;/q;2*-1;. The van der Waals surface area contributed by atoms with E-state index >= 15 is 0 Å². The molecule has 105 valence electrons. The summed E-state index contributed by atoms with van der Waals surface area (Å²) in [5.74, 6) is 2.24. The average Bonchev–Trinajstić information content (AvgIpc) is 2.33. The molecule has 3 heteroatoms. The second kappa shape index (κ2) is 14.0. The van der Waals surface area contributed by atoms with Crippen LogP contribution >= 0.6 is 0 Å². The van der Waals surface area contributed by atoms with Crippen molar-refractivity contribution in [3.05, 3.63) is 7.43 Å². The van der Waals surface area contributed by atoms with Crippen LogP contribution in [0.3, 0.4) is 0 Å². The summed E-state index contributed by atoms with van der Waals surface area (Å²) in [6, 6.07) is 0. The summed E-state index contributed by atoms with van der Waals surface area (Å²) in [6.07, 6.45) is 16.9. The van der Waals surface area contributed by atoms with Crippen molar-refractivity contribution >= 4 is 6.47 Å². The van der Waals surface area contributed by atoms with Gasteiger partial charge in [-0.25, -0.2) is 0 Å². The predicted molar refractivity (Wildman–Crippen MR) is 72.5 cm³/mol. The first kappa shape index (κ1) is 20.9. The van der Waals surface area contributed by atoms with Crippen LogP contribution in [0.2, 0.25) is 0 Å². The van der Waals surface area contributed by atoms with Gasteiger partial charge in [0.25, 0.3) is 0 Å². The number of rotatable bonds is 2. The van der Waals surface area contributed by atoms with Gasteiger partial charge in [-0.3, -0.25) is 0 Å². The van der Waals surface area contributed by atoms with E-state index < -0.39 is 0 Å². The zero-order chi connectivity index (χ0) is 11.6. The molecule has 1 N–H and O–H groups in total. The van der Waals surface area contributed by atoms with E-state index in [2.05, 4.69) is 0 Å². The fourth-order valence-electron chi connectivity index (χ4n) is 3.32. The summed E-state index contributed by atoms with van der Waals surface area (Å²) in [4.78, 5) is 8.24. The molecule has 0 bridgehead atoms. The number of hydrogen-bond acceptors (Lipinski definition) is 1. The van der Waals surface area contributed by atoms with Crippen LogP contribution in [-0.4, -0.2) is 11.6 Å². The van der Waals surface area contributed by atoms with E-state index in [1.165, 1.54) is 38.5 Å². The third-order valence-electron chi connectivity index (χ3n) is 4.12. The van der Waals surface area contributed by atoms with Crippen molar-refractivity contribution in [2.75, 3.05) is 0 Å². The van der Waals surface area contributed by atoms with Crippen LogP contribution in [0.25, 0.3) is 0 Å². The van der Waals surface area contributed by atoms with Crippen LogP contribution < -0.4 is 0 Å². The molecule has 0 unspecified atom stereocenters. The van der Waals surface area contributed by atoms with Gasteiger partial charge in [-0.2, -0.15) is 0 Å². The van der Waals surface area contributed by atoms with Gasteiger partial charge in [0.2, 0.25) is 0 Å². The topological polar surface area (TPSA) is 37.3 Å². The molecule has 2 saturated carbocycles. The van der Waals surface area contributed by atoms with Crippen molar-refractivity contribution < 1.29 is 42.6 Å². The molecule has 2 nitrogen and oxygen atoms in total. The summed E-state index contributed by atoms with van der Waals surface area (Å²) in [5, 5.41) is 6.76. The van der Waals surface area contributed by atoms with Crippen LogP contribution in [0.1, 0.15) is 70.6 Å². The van der Waals surface area contributed by atoms with E-state index in [4.69, 9.17) is 9.90 Å². The van der Waals surface area contributed by atoms with E-state index in [1.54, 1.807) is 32.1 Å². The van der Waals surface area contributed by atoms with Crippen LogP contribution in [0.4, 0.5) is 0 Å². The normalized spacial score (nSPS) is 20.7. The van der Waals surface area contributed by atoms with E-state index in [9.17, 15) is 0 Å². The van der Waals surface area contributed by atoms with E-state index in [0.29, 0.717) is 6.47 Å². The summed E-state index contributed by atoms with van der Waals surface area (Å²) in [5.41, 5.74) is 0. The first-order valence-corrected chi connectivity index (χ1v) is 6.88. The predicted octanol–water partition coefficient (Wildman–Crippen LogP) is 4.60. The molecular weight excluding hydrogens is 301 g/mol. The largest absolute Gasteiger partial charge is 0.665 e. The van der Waals surface area contributed by atoms with Crippen LogP contribution in [0.15, 0.2) is 0 Å². The molecule has 0 spiro atoms. The fourth-order valence-corrected chi connectivity index (χ4v) is 3.32. The van der Waals surface area contributed by atoms with E-state index in [1.807, 2.05) is 0 Å². The van der Waals surface area contributed by atoms with Crippen molar-refractivity contribution in [2.24, 2.45) is 11.8 Å². The number of hydrogen-bond donors (Lipinski definition) is 1. The Labute approximate surface area is 138 Å². The second-order valence-electron chi connectivity index (χ2n) is 5.34. The SMILES string of the molecule is C1CCC(CC2CCCCC2)CC1.O=[C-]O.[CH3-].[Y]. The molecule has 1 radical (unpaired) electrons. The van der Waals surface area contributed by atoms with Crippen molar-refractivity contribution in [3.63, 3.8) is 0 Å². The monoisotopic (exact) mass is 329 g/mol. The Morgan fingerprint density at radius 1 is 0.833 bits per heavy atom. The van der Waals surface area contributed by atoms with Gasteiger partial charge in [0.1, 0.15) is 0 Å². The molecule has 0 aliphatic heterocycles. The maximum atomic E-state index is 8.24. The molecule has 0 saturated heterocycles. The first-order valence-electron chi connectivity index (χ1n) is 6.88. The molecule has 0 aromatic heterocycles. The van der Waals surface area contributed by atoms with Gasteiger partial charge in [0.15, 0.2) is 0 Å². The molecule has 2 rings (SSSR count). The summed E-state index contributed by atoms with van der Waals surface area (Å²) >= 11 is 0. The summed E-state index contributed by atoms with van der Waals surface area (Å²) in [7, 11) is 0. The molecule has 0 aromatic carbocycles. The Hall–Kier alpha value is 0.574. The van der Waals surface area contributed by atoms with Gasteiger partial charge in [-0.1, -0.05) is 70.7 Å². The first-order chi connectivity index (χ1) is 7.86. The minimum absolute atomic E-state index is 0. The van der Waals surface area contributed by atoms with Gasteiger partial charge in [0.05, 0.1) is 0 Å². The van der Waals surface area contributed by atoms with Crippen molar-refractivity contribution in [1.82, 2.24) is 0 Å². The average molecular weight is 329 g/mol. The zero-order valence-corrected chi connectivity index (χ0v) is 14.7. The number of aliphatic hydroxyl groups excluding tert-OH is 1. The molecule has 0 amide bonds. The Morgan fingerprint density at radius 3 is 1.39 bits per heavy atom. The molecule has 0 heterocycles. The third kappa shape index (κ3) is 9.50. The van der Waals surface area contributed by atoms with Gasteiger partial charge in [-0.15, -0.1) is 0 Å². The minimum atomic E-state index is 0. The van der Waals surface area contributed by atoms with Gasteiger partial charge in [-0.05, 0) is 18.3 Å². The second-order valence-corrected chi connectivity index (χ2v) is 5.34. The van der Waals surface area contributed by atoms with Crippen molar-refractivity contribution in [3.8, 4) is 0 Å². The molecule has 0 atom stereocenters. The van der Waals surface area contributed by atoms with Gasteiger partial charge >= 0.3 is 0 Å². The summed E-state index contributed by atoms with van der Waals surface area (Å²) < 4.78 is 0. The van der Waals surface area contributed by atoms with Crippen LogP contribution in [0, 0.1) is 19.3 Å². The quantitative estimate of drug-likeness (QED) is 0.752. The molecular formula is C15H28O2Y-2. The van der Waals surface area contributed by atoms with Crippen LogP contribution in [0.5, 0.6) is 0 Å². The maximum absolute atomic E-state index is 8.24. The molecule has 0 aromatic rings. The molecule has 2 aliphatic carbocycles. The molecule has 2 fully saturated rings. The van der Waals surface area contributed by atoms with Crippen molar-refractivity contribution in [2.45, 2.75) is 70.6 Å². The van der Waals surface area contributed by atoms with E-state index in [-0.39, 0.29) is 40.1 Å². The fraction of sp³-hybridized carbons (Fsp3) is 0.867. The Morgan fingerprint density at radius 2 is 1.11 bits per heavy atom. The Bertz CT molecular complexity index is 157. The summed E-state index contributed by atoms with van der Waals surface area (Å²) in [6.45, 7) is 0.500. The van der Waals surface area contributed by atoms with E-state index in [0.717, 1.165) is 11.8 Å². The van der Waals surface area contributed by atoms with Gasteiger partial charge < -0.3 is 17.3 Å². The smallest absolute Gasteiger partial charge is 0 e.